The van der Waals surface area contributed by atoms with Crippen LogP contribution in [-0.2, 0) is 27.3 Å². The van der Waals surface area contributed by atoms with Gasteiger partial charge in [-0.3, -0.25) is 4.79 Å². The molecule has 0 unspecified atom stereocenters. The van der Waals surface area contributed by atoms with Crippen molar-refractivity contribution in [3.05, 3.63) is 76.4 Å². The highest BCUT2D eigenvalue weighted by molar-refractivity contribution is 6.16. The Morgan fingerprint density at radius 2 is 1.96 bits per heavy atom. The zero-order chi connectivity index (χ0) is 18.7. The van der Waals surface area contributed by atoms with Crippen molar-refractivity contribution in [3.8, 4) is 0 Å². The molecule has 1 amide bonds. The molecule has 0 atom stereocenters. The lowest BCUT2D eigenvalue weighted by atomic mass is 10.0. The first-order valence-electron chi connectivity index (χ1n) is 8.49. The molecule has 5 heteroatoms. The largest absolute Gasteiger partial charge is 0.467 e. The fourth-order valence-electron chi connectivity index (χ4n) is 2.99. The second kappa shape index (κ2) is 7.44. The third-order valence-corrected chi connectivity index (χ3v) is 4.49. The number of hydrogen-bond donors (Lipinski definition) is 0. The molecular formula is C21H21NO4. The van der Waals surface area contributed by atoms with Crippen molar-refractivity contribution in [3.63, 3.8) is 0 Å². The lowest BCUT2D eigenvalue weighted by Gasteiger charge is -2.16. The highest BCUT2D eigenvalue weighted by Gasteiger charge is 2.37. The van der Waals surface area contributed by atoms with Crippen molar-refractivity contribution >= 4 is 18.0 Å². The molecule has 0 N–H and O–H groups in total. The number of ether oxygens (including phenoxy) is 1. The Bertz CT molecular complexity index is 873. The van der Waals surface area contributed by atoms with Crippen molar-refractivity contribution in [2.24, 2.45) is 0 Å². The Morgan fingerprint density at radius 1 is 1.23 bits per heavy atom. The molecule has 0 aliphatic carbocycles. The van der Waals surface area contributed by atoms with Crippen LogP contribution in [0.1, 0.15) is 30.7 Å². The Labute approximate surface area is 152 Å². The number of amides is 1. The maximum atomic E-state index is 13.0. The van der Waals surface area contributed by atoms with Crippen LogP contribution in [-0.4, -0.2) is 23.9 Å². The van der Waals surface area contributed by atoms with E-state index in [2.05, 4.69) is 6.92 Å². The number of benzene rings is 1. The highest BCUT2D eigenvalue weighted by atomic mass is 16.5. The predicted octanol–water partition coefficient (Wildman–Crippen LogP) is 3.71. The minimum absolute atomic E-state index is 0.237. The zero-order valence-corrected chi connectivity index (χ0v) is 15.1. The monoisotopic (exact) mass is 351 g/mol. The van der Waals surface area contributed by atoms with Gasteiger partial charge in [-0.05, 0) is 42.7 Å². The molecule has 0 saturated carbocycles. The van der Waals surface area contributed by atoms with Gasteiger partial charge >= 0.3 is 5.97 Å². The van der Waals surface area contributed by atoms with Crippen LogP contribution < -0.4 is 0 Å². The third kappa shape index (κ3) is 3.33. The summed E-state index contributed by atoms with van der Waals surface area (Å²) in [5.74, 6) is -0.108. The average Bonchev–Trinajstić information content (AvgIpc) is 3.25. The van der Waals surface area contributed by atoms with E-state index in [1.54, 1.807) is 31.4 Å². The highest BCUT2D eigenvalue weighted by Crippen LogP contribution is 2.32. The molecule has 1 aromatic heterocycles. The second-order valence-electron chi connectivity index (χ2n) is 6.08. The van der Waals surface area contributed by atoms with E-state index in [4.69, 9.17) is 9.15 Å². The van der Waals surface area contributed by atoms with Gasteiger partial charge < -0.3 is 14.1 Å². The lowest BCUT2D eigenvalue weighted by molar-refractivity contribution is -0.136. The number of methoxy groups -OCH3 is 1. The number of furan rings is 1. The molecule has 1 aromatic carbocycles. The van der Waals surface area contributed by atoms with Gasteiger partial charge in [-0.2, -0.15) is 0 Å². The fraction of sp³-hybridized carbons (Fsp3) is 0.238. The SMILES string of the molecule is CCc1ccc(/C=C2\C(=O)N(Cc3ccco3)C(C)=C2C(=O)OC)cc1. The van der Waals surface area contributed by atoms with E-state index in [0.717, 1.165) is 12.0 Å². The van der Waals surface area contributed by atoms with E-state index in [0.29, 0.717) is 22.6 Å². The first-order chi connectivity index (χ1) is 12.5. The summed E-state index contributed by atoms with van der Waals surface area (Å²) in [6, 6.07) is 11.5. The number of carbonyl (C=O) groups is 2. The summed E-state index contributed by atoms with van der Waals surface area (Å²) < 4.78 is 10.2. The fourth-order valence-corrected chi connectivity index (χ4v) is 2.99. The number of rotatable bonds is 5. The maximum Gasteiger partial charge on any atom is 0.340 e. The molecule has 3 rings (SSSR count). The normalized spacial score (nSPS) is 15.9. The summed E-state index contributed by atoms with van der Waals surface area (Å²) in [7, 11) is 1.32. The smallest absolute Gasteiger partial charge is 0.340 e. The van der Waals surface area contributed by atoms with Crippen LogP contribution in [0.25, 0.3) is 6.08 Å². The molecule has 0 spiro atoms. The molecule has 2 heterocycles. The molecule has 1 aliphatic heterocycles. The molecule has 0 bridgehead atoms. The molecule has 1 aliphatic rings. The van der Waals surface area contributed by atoms with Crippen LogP contribution >= 0.6 is 0 Å². The summed E-state index contributed by atoms with van der Waals surface area (Å²) in [4.78, 5) is 26.8. The van der Waals surface area contributed by atoms with Crippen LogP contribution in [0.15, 0.2) is 63.9 Å². The standard InChI is InChI=1S/C21H21NO4/c1-4-15-7-9-16(10-8-15)12-18-19(21(24)25-3)14(2)22(20(18)23)13-17-6-5-11-26-17/h5-12H,4,13H2,1-3H3/b18-12-. The van der Waals surface area contributed by atoms with Crippen molar-refractivity contribution in [2.75, 3.05) is 7.11 Å². The van der Waals surface area contributed by atoms with E-state index in [-0.39, 0.29) is 12.5 Å². The molecule has 0 radical (unpaired) electrons. The average molecular weight is 351 g/mol. The third-order valence-electron chi connectivity index (χ3n) is 4.49. The van der Waals surface area contributed by atoms with Crippen LogP contribution in [0.5, 0.6) is 0 Å². The summed E-state index contributed by atoms with van der Waals surface area (Å²) in [5.41, 5.74) is 3.27. The van der Waals surface area contributed by atoms with E-state index in [9.17, 15) is 9.59 Å². The number of esters is 1. The van der Waals surface area contributed by atoms with E-state index >= 15 is 0 Å². The van der Waals surface area contributed by atoms with Gasteiger partial charge in [-0.1, -0.05) is 31.2 Å². The first kappa shape index (κ1) is 17.7. The Kier molecular flexibility index (Phi) is 5.07. The van der Waals surface area contributed by atoms with Gasteiger partial charge in [0.15, 0.2) is 0 Å². The number of carbonyl (C=O) groups excluding carboxylic acids is 2. The van der Waals surface area contributed by atoms with Gasteiger partial charge in [-0.15, -0.1) is 0 Å². The molecule has 5 nitrogen and oxygen atoms in total. The molecule has 26 heavy (non-hydrogen) atoms. The van der Waals surface area contributed by atoms with Gasteiger partial charge in [0.2, 0.25) is 0 Å². The molecule has 0 saturated heterocycles. The Hall–Kier alpha value is -3.08. The topological polar surface area (TPSA) is 59.8 Å². The number of nitrogens with zero attached hydrogens (tertiary/aromatic N) is 1. The quantitative estimate of drug-likeness (QED) is 0.608. The van der Waals surface area contributed by atoms with E-state index < -0.39 is 5.97 Å². The van der Waals surface area contributed by atoms with Crippen molar-refractivity contribution in [1.29, 1.82) is 0 Å². The molecule has 2 aromatic rings. The number of aryl methyl sites for hydroxylation is 1. The van der Waals surface area contributed by atoms with E-state index in [1.165, 1.54) is 17.6 Å². The molecule has 0 fully saturated rings. The van der Waals surface area contributed by atoms with Crippen LogP contribution in [0.2, 0.25) is 0 Å². The van der Waals surface area contributed by atoms with Crippen LogP contribution in [0, 0.1) is 0 Å². The summed E-state index contributed by atoms with van der Waals surface area (Å²) >= 11 is 0. The second-order valence-corrected chi connectivity index (χ2v) is 6.08. The van der Waals surface area contributed by atoms with Gasteiger partial charge in [-0.25, -0.2) is 4.79 Å². The van der Waals surface area contributed by atoms with E-state index in [1.807, 2.05) is 24.3 Å². The lowest BCUT2D eigenvalue weighted by Crippen LogP contribution is -2.24. The predicted molar refractivity (Wildman–Crippen MR) is 97.8 cm³/mol. The van der Waals surface area contributed by atoms with Crippen molar-refractivity contribution < 1.29 is 18.7 Å². The first-order valence-corrected chi connectivity index (χ1v) is 8.49. The van der Waals surface area contributed by atoms with Crippen LogP contribution in [0.4, 0.5) is 0 Å². The van der Waals surface area contributed by atoms with Gasteiger partial charge in [0.05, 0.1) is 31.1 Å². The van der Waals surface area contributed by atoms with Gasteiger partial charge in [0, 0.05) is 5.70 Å². The van der Waals surface area contributed by atoms with Crippen LogP contribution in [0.3, 0.4) is 0 Å². The van der Waals surface area contributed by atoms with Crippen molar-refractivity contribution in [2.45, 2.75) is 26.8 Å². The number of hydrogen-bond acceptors (Lipinski definition) is 4. The summed E-state index contributed by atoms with van der Waals surface area (Å²) in [5, 5.41) is 0. The maximum absolute atomic E-state index is 13.0. The number of allylic oxidation sites excluding steroid dienone is 1. The van der Waals surface area contributed by atoms with Gasteiger partial charge in [0.25, 0.3) is 5.91 Å². The summed E-state index contributed by atoms with van der Waals surface area (Å²) in [6.45, 7) is 4.10. The minimum atomic E-state index is -0.519. The Morgan fingerprint density at radius 3 is 2.54 bits per heavy atom. The molecular weight excluding hydrogens is 330 g/mol. The zero-order valence-electron chi connectivity index (χ0n) is 15.1. The minimum Gasteiger partial charge on any atom is -0.467 e. The van der Waals surface area contributed by atoms with Gasteiger partial charge in [0.1, 0.15) is 5.76 Å². The van der Waals surface area contributed by atoms with Crippen molar-refractivity contribution in [1.82, 2.24) is 4.90 Å². The molecule has 134 valence electrons. The summed E-state index contributed by atoms with van der Waals surface area (Å²) in [6.07, 6.45) is 4.24. The Balaban J connectivity index is 2.00.